The van der Waals surface area contributed by atoms with Gasteiger partial charge >= 0.3 is 0 Å². The Labute approximate surface area is 145 Å². The molecule has 3 aromatic rings. The third-order valence-corrected chi connectivity index (χ3v) is 4.89. The van der Waals surface area contributed by atoms with Gasteiger partial charge in [-0.05, 0) is 47.5 Å². The molecule has 122 valence electrons. The summed E-state index contributed by atoms with van der Waals surface area (Å²) < 4.78 is 0. The fourth-order valence-corrected chi connectivity index (χ4v) is 3.57. The molecule has 0 spiro atoms. The maximum atomic E-state index is 4.83. The number of hydrogen-bond donors (Lipinski definition) is 2. The predicted molar refractivity (Wildman–Crippen MR) is 97.2 cm³/mol. The Kier molecular flexibility index (Phi) is 4.49. The minimum absolute atomic E-state index is 0.769. The standard InChI is InChI=1S/C18H19N5S/c1-6-19-7-2-14(1)17-22-16-4-9-20-8-3-15(16)18(23-17)21-11-13-5-10-24-12-13/h1-2,5-7,10,12,20H,3-4,8-9,11H2,(H,21,22,23). The van der Waals surface area contributed by atoms with E-state index >= 15 is 0 Å². The molecule has 0 radical (unpaired) electrons. The van der Waals surface area contributed by atoms with Crippen LogP contribution in [0.25, 0.3) is 11.4 Å². The zero-order chi connectivity index (χ0) is 16.2. The number of nitrogens with zero attached hydrogens (tertiary/aromatic N) is 3. The highest BCUT2D eigenvalue weighted by molar-refractivity contribution is 7.07. The molecule has 24 heavy (non-hydrogen) atoms. The van der Waals surface area contributed by atoms with Crippen LogP contribution in [0.3, 0.4) is 0 Å². The van der Waals surface area contributed by atoms with Gasteiger partial charge in [0.25, 0.3) is 0 Å². The monoisotopic (exact) mass is 337 g/mol. The van der Waals surface area contributed by atoms with Crippen molar-refractivity contribution >= 4 is 17.2 Å². The summed E-state index contributed by atoms with van der Waals surface area (Å²) in [5.41, 5.74) is 4.68. The first kappa shape index (κ1) is 15.2. The van der Waals surface area contributed by atoms with Crippen LogP contribution in [-0.4, -0.2) is 28.0 Å². The summed E-state index contributed by atoms with van der Waals surface area (Å²) in [6.07, 6.45) is 5.45. The fraction of sp³-hybridized carbons (Fsp3) is 0.278. The van der Waals surface area contributed by atoms with Gasteiger partial charge in [0.2, 0.25) is 0 Å². The molecule has 1 aliphatic rings. The summed E-state index contributed by atoms with van der Waals surface area (Å²) in [5.74, 6) is 1.73. The quantitative estimate of drug-likeness (QED) is 0.766. The summed E-state index contributed by atoms with van der Waals surface area (Å²) in [6, 6.07) is 6.06. The van der Waals surface area contributed by atoms with E-state index in [0.717, 1.165) is 55.4 Å². The lowest BCUT2D eigenvalue weighted by Crippen LogP contribution is -2.16. The van der Waals surface area contributed by atoms with Gasteiger partial charge in [-0.25, -0.2) is 9.97 Å². The van der Waals surface area contributed by atoms with Gasteiger partial charge in [-0.2, -0.15) is 11.3 Å². The molecular formula is C18H19N5S. The van der Waals surface area contributed by atoms with Crippen molar-refractivity contribution in [2.24, 2.45) is 0 Å². The van der Waals surface area contributed by atoms with E-state index in [1.807, 2.05) is 12.1 Å². The first-order chi connectivity index (χ1) is 11.9. The lowest BCUT2D eigenvalue weighted by molar-refractivity contribution is 0.708. The maximum absolute atomic E-state index is 4.83. The molecule has 4 heterocycles. The Hall–Kier alpha value is -2.31. The van der Waals surface area contributed by atoms with Gasteiger partial charge in [-0.3, -0.25) is 4.98 Å². The van der Waals surface area contributed by atoms with E-state index in [9.17, 15) is 0 Å². The molecule has 0 saturated heterocycles. The van der Waals surface area contributed by atoms with E-state index in [1.165, 1.54) is 11.1 Å². The molecule has 0 bridgehead atoms. The second-order valence-corrected chi connectivity index (χ2v) is 6.57. The van der Waals surface area contributed by atoms with Crippen molar-refractivity contribution in [1.29, 1.82) is 0 Å². The van der Waals surface area contributed by atoms with Crippen molar-refractivity contribution in [3.63, 3.8) is 0 Å². The topological polar surface area (TPSA) is 62.7 Å². The van der Waals surface area contributed by atoms with Crippen LogP contribution in [-0.2, 0) is 19.4 Å². The molecule has 0 aliphatic carbocycles. The number of rotatable bonds is 4. The van der Waals surface area contributed by atoms with Crippen molar-refractivity contribution in [3.05, 3.63) is 58.2 Å². The van der Waals surface area contributed by atoms with Crippen LogP contribution in [0.2, 0.25) is 0 Å². The molecule has 0 fully saturated rings. The number of nitrogens with one attached hydrogen (secondary N) is 2. The molecule has 3 aromatic heterocycles. The number of pyridine rings is 1. The molecule has 0 amide bonds. The number of fused-ring (bicyclic) bond motifs is 1. The summed E-state index contributed by atoms with van der Waals surface area (Å²) in [4.78, 5) is 13.7. The highest BCUT2D eigenvalue weighted by Gasteiger charge is 2.17. The molecular weight excluding hydrogens is 318 g/mol. The Morgan fingerprint density at radius 2 is 1.96 bits per heavy atom. The second-order valence-electron chi connectivity index (χ2n) is 5.79. The van der Waals surface area contributed by atoms with Crippen molar-refractivity contribution in [2.75, 3.05) is 18.4 Å². The van der Waals surface area contributed by atoms with Crippen LogP contribution in [0.15, 0.2) is 41.4 Å². The third-order valence-electron chi connectivity index (χ3n) is 4.16. The maximum Gasteiger partial charge on any atom is 0.161 e. The van der Waals surface area contributed by atoms with E-state index in [0.29, 0.717) is 0 Å². The molecule has 5 nitrogen and oxygen atoms in total. The van der Waals surface area contributed by atoms with Crippen LogP contribution >= 0.6 is 11.3 Å². The smallest absolute Gasteiger partial charge is 0.161 e. The Morgan fingerprint density at radius 1 is 1.08 bits per heavy atom. The van der Waals surface area contributed by atoms with Crippen molar-refractivity contribution in [3.8, 4) is 11.4 Å². The van der Waals surface area contributed by atoms with E-state index in [1.54, 1.807) is 23.7 Å². The van der Waals surface area contributed by atoms with Crippen molar-refractivity contribution in [2.45, 2.75) is 19.4 Å². The minimum atomic E-state index is 0.769. The van der Waals surface area contributed by atoms with Crippen LogP contribution in [0.5, 0.6) is 0 Å². The van der Waals surface area contributed by atoms with E-state index < -0.39 is 0 Å². The SMILES string of the molecule is c1cc(-c2nc3c(c(NCc4ccsc4)n2)CCNCC3)ccn1. The van der Waals surface area contributed by atoms with Gasteiger partial charge in [-0.15, -0.1) is 0 Å². The van der Waals surface area contributed by atoms with Gasteiger partial charge in [-0.1, -0.05) is 0 Å². The zero-order valence-corrected chi connectivity index (χ0v) is 14.1. The average molecular weight is 337 g/mol. The first-order valence-electron chi connectivity index (χ1n) is 8.16. The molecule has 0 unspecified atom stereocenters. The van der Waals surface area contributed by atoms with Gasteiger partial charge < -0.3 is 10.6 Å². The average Bonchev–Trinajstić information content (AvgIpc) is 3.04. The van der Waals surface area contributed by atoms with Gasteiger partial charge in [0.1, 0.15) is 5.82 Å². The van der Waals surface area contributed by atoms with E-state index in [-0.39, 0.29) is 0 Å². The minimum Gasteiger partial charge on any atom is -0.366 e. The molecule has 0 aromatic carbocycles. The summed E-state index contributed by atoms with van der Waals surface area (Å²) >= 11 is 1.72. The third kappa shape index (κ3) is 3.29. The van der Waals surface area contributed by atoms with E-state index in [2.05, 4.69) is 32.4 Å². The highest BCUT2D eigenvalue weighted by atomic mass is 32.1. The summed E-state index contributed by atoms with van der Waals surface area (Å²) in [5, 5.41) is 11.2. The Morgan fingerprint density at radius 3 is 2.79 bits per heavy atom. The predicted octanol–water partition coefficient (Wildman–Crippen LogP) is 2.90. The largest absolute Gasteiger partial charge is 0.366 e. The number of aromatic nitrogens is 3. The first-order valence-corrected chi connectivity index (χ1v) is 9.10. The van der Waals surface area contributed by atoms with Crippen LogP contribution in [0, 0.1) is 0 Å². The van der Waals surface area contributed by atoms with E-state index in [4.69, 9.17) is 9.97 Å². The molecule has 0 atom stereocenters. The Bertz CT molecular complexity index is 802. The van der Waals surface area contributed by atoms with Crippen LogP contribution in [0.1, 0.15) is 16.8 Å². The van der Waals surface area contributed by atoms with Gasteiger partial charge in [0.15, 0.2) is 5.82 Å². The molecule has 6 heteroatoms. The fourth-order valence-electron chi connectivity index (χ4n) is 2.90. The number of anilines is 1. The zero-order valence-electron chi connectivity index (χ0n) is 13.3. The lowest BCUT2D eigenvalue weighted by Gasteiger charge is -2.14. The van der Waals surface area contributed by atoms with Gasteiger partial charge in [0.05, 0.1) is 5.69 Å². The summed E-state index contributed by atoms with van der Waals surface area (Å²) in [7, 11) is 0. The highest BCUT2D eigenvalue weighted by Crippen LogP contribution is 2.25. The van der Waals surface area contributed by atoms with Crippen molar-refractivity contribution < 1.29 is 0 Å². The molecule has 2 N–H and O–H groups in total. The number of thiophene rings is 1. The van der Waals surface area contributed by atoms with Crippen LogP contribution in [0.4, 0.5) is 5.82 Å². The lowest BCUT2D eigenvalue weighted by atomic mass is 10.1. The second kappa shape index (κ2) is 7.07. The van der Waals surface area contributed by atoms with Crippen molar-refractivity contribution in [1.82, 2.24) is 20.3 Å². The van der Waals surface area contributed by atoms with Crippen LogP contribution < -0.4 is 10.6 Å². The van der Waals surface area contributed by atoms with Gasteiger partial charge in [0, 0.05) is 43.0 Å². The summed E-state index contributed by atoms with van der Waals surface area (Å²) in [6.45, 7) is 2.72. The normalized spacial score (nSPS) is 14.0. The molecule has 1 aliphatic heterocycles. The molecule has 0 saturated carbocycles. The Balaban J connectivity index is 1.71. The number of hydrogen-bond acceptors (Lipinski definition) is 6. The molecule has 4 rings (SSSR count).